The molecule has 0 bridgehead atoms. The van der Waals surface area contributed by atoms with Crippen molar-refractivity contribution in [2.24, 2.45) is 5.92 Å². The Hall–Kier alpha value is 0.0900. The van der Waals surface area contributed by atoms with Crippen LogP contribution in [0.25, 0.3) is 0 Å². The largest absolute Gasteiger partial charge is 0.130 e. The summed E-state index contributed by atoms with van der Waals surface area (Å²) in [7, 11) is 0. The van der Waals surface area contributed by atoms with E-state index in [9.17, 15) is 0 Å². The number of hydrogen-bond acceptors (Lipinski definition) is 1. The van der Waals surface area contributed by atoms with Crippen LogP contribution in [0.4, 0.5) is 0 Å². The van der Waals surface area contributed by atoms with Gasteiger partial charge in [0, 0.05) is 5.75 Å². The van der Waals surface area contributed by atoms with Gasteiger partial charge in [0.05, 0.1) is 0 Å². The zero-order chi connectivity index (χ0) is 7.40. The summed E-state index contributed by atoms with van der Waals surface area (Å²) in [5.74, 6) is 2.15. The second-order valence-electron chi connectivity index (χ2n) is 3.02. The molecule has 10 heavy (non-hydrogen) atoms. The van der Waals surface area contributed by atoms with Crippen LogP contribution >= 0.6 is 11.8 Å². The zero-order valence-corrected chi connectivity index (χ0v) is 7.71. The standard InChI is InChI=1S/C9H16S/c1-3-4-5-9-6-8(2)7-10-9/h6,8H,3-5,7H2,1-2H3. The van der Waals surface area contributed by atoms with Crippen molar-refractivity contribution in [3.63, 3.8) is 0 Å². The Morgan fingerprint density at radius 1 is 1.70 bits per heavy atom. The van der Waals surface area contributed by atoms with Crippen LogP contribution < -0.4 is 0 Å². The molecule has 0 saturated carbocycles. The van der Waals surface area contributed by atoms with Gasteiger partial charge in [-0.15, -0.1) is 11.8 Å². The highest BCUT2D eigenvalue weighted by molar-refractivity contribution is 8.03. The fraction of sp³-hybridized carbons (Fsp3) is 0.778. The molecule has 0 spiro atoms. The van der Waals surface area contributed by atoms with E-state index >= 15 is 0 Å². The molecule has 1 atom stereocenters. The van der Waals surface area contributed by atoms with Crippen LogP contribution in [0.1, 0.15) is 33.1 Å². The lowest BCUT2D eigenvalue weighted by molar-refractivity contribution is 0.799. The number of rotatable bonds is 3. The van der Waals surface area contributed by atoms with Gasteiger partial charge in [0.25, 0.3) is 0 Å². The predicted molar refractivity (Wildman–Crippen MR) is 49.2 cm³/mol. The highest BCUT2D eigenvalue weighted by Crippen LogP contribution is 2.32. The first-order chi connectivity index (χ1) is 4.83. The Labute approximate surface area is 68.1 Å². The van der Waals surface area contributed by atoms with Crippen molar-refractivity contribution >= 4 is 11.8 Å². The molecule has 58 valence electrons. The average molecular weight is 156 g/mol. The Morgan fingerprint density at radius 2 is 2.50 bits per heavy atom. The number of unbranched alkanes of at least 4 members (excludes halogenated alkanes) is 1. The van der Waals surface area contributed by atoms with Crippen LogP contribution in [-0.4, -0.2) is 5.75 Å². The molecule has 0 radical (unpaired) electrons. The van der Waals surface area contributed by atoms with Gasteiger partial charge in [0.1, 0.15) is 0 Å². The minimum absolute atomic E-state index is 0.830. The highest BCUT2D eigenvalue weighted by atomic mass is 32.2. The summed E-state index contributed by atoms with van der Waals surface area (Å²) >= 11 is 2.05. The molecule has 1 aliphatic rings. The maximum Gasteiger partial charge on any atom is 0.00374 e. The van der Waals surface area contributed by atoms with Gasteiger partial charge < -0.3 is 0 Å². The molecule has 1 heterocycles. The minimum Gasteiger partial charge on any atom is -0.130 e. The van der Waals surface area contributed by atoms with Gasteiger partial charge in [0.15, 0.2) is 0 Å². The molecule has 0 aromatic carbocycles. The van der Waals surface area contributed by atoms with Crippen LogP contribution in [0, 0.1) is 5.92 Å². The van der Waals surface area contributed by atoms with Crippen molar-refractivity contribution in [2.45, 2.75) is 33.1 Å². The second-order valence-corrected chi connectivity index (χ2v) is 4.17. The van der Waals surface area contributed by atoms with E-state index in [1.165, 1.54) is 25.0 Å². The van der Waals surface area contributed by atoms with Gasteiger partial charge in [-0.3, -0.25) is 0 Å². The monoisotopic (exact) mass is 156 g/mol. The van der Waals surface area contributed by atoms with E-state index in [0.29, 0.717) is 0 Å². The van der Waals surface area contributed by atoms with Gasteiger partial charge in [-0.2, -0.15) is 0 Å². The van der Waals surface area contributed by atoms with Crippen LogP contribution in [0.15, 0.2) is 11.0 Å². The molecule has 1 rings (SSSR count). The SMILES string of the molecule is CCCCC1=CC(C)CS1. The summed E-state index contributed by atoms with van der Waals surface area (Å²) in [6.45, 7) is 4.55. The molecule has 0 aromatic heterocycles. The highest BCUT2D eigenvalue weighted by Gasteiger charge is 2.10. The lowest BCUT2D eigenvalue weighted by Gasteiger charge is -1.96. The molecular weight excluding hydrogens is 140 g/mol. The summed E-state index contributed by atoms with van der Waals surface area (Å²) in [6, 6.07) is 0. The number of hydrogen-bond donors (Lipinski definition) is 0. The maximum absolute atomic E-state index is 2.43. The molecule has 1 unspecified atom stereocenters. The van der Waals surface area contributed by atoms with Crippen LogP contribution in [0.3, 0.4) is 0 Å². The molecule has 0 nitrogen and oxygen atoms in total. The van der Waals surface area contributed by atoms with Crippen molar-refractivity contribution in [3.8, 4) is 0 Å². The Bertz CT molecular complexity index is 127. The third-order valence-corrected chi connectivity index (χ3v) is 3.18. The molecule has 0 aromatic rings. The molecular formula is C9H16S. The van der Waals surface area contributed by atoms with E-state index < -0.39 is 0 Å². The summed E-state index contributed by atoms with van der Waals surface area (Å²) in [5, 5.41) is 0. The number of allylic oxidation sites excluding steroid dienone is 2. The zero-order valence-electron chi connectivity index (χ0n) is 6.89. The van der Waals surface area contributed by atoms with Crippen molar-refractivity contribution in [3.05, 3.63) is 11.0 Å². The van der Waals surface area contributed by atoms with Gasteiger partial charge >= 0.3 is 0 Å². The van der Waals surface area contributed by atoms with Crippen LogP contribution in [0.5, 0.6) is 0 Å². The lowest BCUT2D eigenvalue weighted by Crippen LogP contribution is -1.83. The summed E-state index contributed by atoms with van der Waals surface area (Å²) in [4.78, 5) is 1.63. The first kappa shape index (κ1) is 8.19. The van der Waals surface area contributed by atoms with Gasteiger partial charge in [-0.1, -0.05) is 26.3 Å². The summed E-state index contributed by atoms with van der Waals surface area (Å²) in [5.41, 5.74) is 0. The third kappa shape index (κ3) is 2.37. The van der Waals surface area contributed by atoms with Gasteiger partial charge in [-0.05, 0) is 23.7 Å². The fourth-order valence-electron chi connectivity index (χ4n) is 1.16. The van der Waals surface area contributed by atoms with Crippen LogP contribution in [0.2, 0.25) is 0 Å². The normalized spacial score (nSPS) is 25.0. The molecule has 0 saturated heterocycles. The smallest absolute Gasteiger partial charge is 0.00374 e. The quantitative estimate of drug-likeness (QED) is 0.603. The Morgan fingerprint density at radius 3 is 3.00 bits per heavy atom. The molecule has 0 N–H and O–H groups in total. The van der Waals surface area contributed by atoms with E-state index in [0.717, 1.165) is 5.92 Å². The average Bonchev–Trinajstić information content (AvgIpc) is 2.31. The summed E-state index contributed by atoms with van der Waals surface area (Å²) < 4.78 is 0. The molecule has 0 aliphatic carbocycles. The molecule has 1 heteroatoms. The number of thioether (sulfide) groups is 1. The maximum atomic E-state index is 2.43. The van der Waals surface area contributed by atoms with E-state index in [-0.39, 0.29) is 0 Å². The first-order valence-electron chi connectivity index (χ1n) is 4.16. The molecule has 1 aliphatic heterocycles. The van der Waals surface area contributed by atoms with E-state index in [4.69, 9.17) is 0 Å². The van der Waals surface area contributed by atoms with Gasteiger partial charge in [-0.25, -0.2) is 0 Å². The van der Waals surface area contributed by atoms with Crippen molar-refractivity contribution in [2.75, 3.05) is 5.75 Å². The Kier molecular flexibility index (Phi) is 3.33. The topological polar surface area (TPSA) is 0 Å². The van der Waals surface area contributed by atoms with Crippen molar-refractivity contribution in [1.82, 2.24) is 0 Å². The first-order valence-corrected chi connectivity index (χ1v) is 5.15. The lowest BCUT2D eigenvalue weighted by atomic mass is 10.1. The fourth-order valence-corrected chi connectivity index (χ4v) is 2.35. The minimum atomic E-state index is 0.830. The van der Waals surface area contributed by atoms with Crippen molar-refractivity contribution in [1.29, 1.82) is 0 Å². The Balaban J connectivity index is 2.22. The summed E-state index contributed by atoms with van der Waals surface area (Å²) in [6.07, 6.45) is 6.45. The van der Waals surface area contributed by atoms with Gasteiger partial charge in [0.2, 0.25) is 0 Å². The third-order valence-electron chi connectivity index (χ3n) is 1.78. The van der Waals surface area contributed by atoms with Crippen molar-refractivity contribution < 1.29 is 0 Å². The van der Waals surface area contributed by atoms with E-state index in [1.807, 2.05) is 0 Å². The predicted octanol–water partition coefficient (Wildman–Crippen LogP) is 3.44. The molecule has 0 amide bonds. The second kappa shape index (κ2) is 4.07. The van der Waals surface area contributed by atoms with E-state index in [1.54, 1.807) is 4.91 Å². The van der Waals surface area contributed by atoms with E-state index in [2.05, 4.69) is 31.7 Å². The molecule has 0 fully saturated rings. The van der Waals surface area contributed by atoms with Crippen LogP contribution in [-0.2, 0) is 0 Å².